The highest BCUT2D eigenvalue weighted by Gasteiger charge is 2.13. The first kappa shape index (κ1) is 14.5. The van der Waals surface area contributed by atoms with Crippen molar-refractivity contribution in [2.45, 2.75) is 6.92 Å². The second kappa shape index (κ2) is 6.51. The number of ether oxygens (including phenoxy) is 1. The molecule has 102 valence electrons. The van der Waals surface area contributed by atoms with Gasteiger partial charge in [-0.1, -0.05) is 18.2 Å². The molecular formula is C15H12INO3. The van der Waals surface area contributed by atoms with Gasteiger partial charge < -0.3 is 10.1 Å². The number of benzene rings is 2. The van der Waals surface area contributed by atoms with E-state index in [2.05, 4.69) is 27.9 Å². The highest BCUT2D eigenvalue weighted by atomic mass is 127. The number of amides is 1. The summed E-state index contributed by atoms with van der Waals surface area (Å²) < 4.78 is 6.05. The minimum atomic E-state index is -0.459. The second-order valence-corrected chi connectivity index (χ2v) is 5.30. The Labute approximate surface area is 130 Å². The van der Waals surface area contributed by atoms with Crippen LogP contribution in [0.5, 0.6) is 5.75 Å². The molecule has 2 rings (SSSR count). The minimum Gasteiger partial charge on any atom is -0.426 e. The molecule has 0 bridgehead atoms. The van der Waals surface area contributed by atoms with Crippen LogP contribution in [0.1, 0.15) is 17.3 Å². The average molecular weight is 381 g/mol. The van der Waals surface area contributed by atoms with Crippen molar-refractivity contribution < 1.29 is 14.3 Å². The molecule has 0 radical (unpaired) electrons. The van der Waals surface area contributed by atoms with Gasteiger partial charge >= 0.3 is 5.97 Å². The molecule has 1 amide bonds. The summed E-state index contributed by atoms with van der Waals surface area (Å²) in [5.41, 5.74) is 1.01. The van der Waals surface area contributed by atoms with Crippen LogP contribution in [-0.4, -0.2) is 11.9 Å². The van der Waals surface area contributed by atoms with Crippen molar-refractivity contribution in [3.63, 3.8) is 0 Å². The van der Waals surface area contributed by atoms with Gasteiger partial charge in [-0.2, -0.15) is 0 Å². The summed E-state index contributed by atoms with van der Waals surface area (Å²) in [6.07, 6.45) is 0. The minimum absolute atomic E-state index is 0.253. The molecule has 0 aliphatic rings. The van der Waals surface area contributed by atoms with Crippen molar-refractivity contribution in [2.24, 2.45) is 0 Å². The summed E-state index contributed by atoms with van der Waals surface area (Å²) in [7, 11) is 0. The van der Waals surface area contributed by atoms with Crippen LogP contribution in [-0.2, 0) is 4.79 Å². The van der Waals surface area contributed by atoms with Crippen LogP contribution in [0.4, 0.5) is 5.69 Å². The summed E-state index contributed by atoms with van der Waals surface area (Å²) in [5.74, 6) is -0.522. The van der Waals surface area contributed by atoms with E-state index in [1.54, 1.807) is 30.3 Å². The molecular weight excluding hydrogens is 369 g/mol. The summed E-state index contributed by atoms with van der Waals surface area (Å²) in [6.45, 7) is 1.30. The lowest BCUT2D eigenvalue weighted by Gasteiger charge is -2.09. The van der Waals surface area contributed by atoms with E-state index in [1.165, 1.54) is 6.92 Å². The van der Waals surface area contributed by atoms with Crippen LogP contribution in [0.15, 0.2) is 48.5 Å². The standard InChI is InChI=1S/C15H12INO3/c1-10(18)20-14-8-3-2-7-13(14)15(19)17-12-6-4-5-11(16)9-12/h2-9H,1H3,(H,17,19). The van der Waals surface area contributed by atoms with Gasteiger partial charge in [0.1, 0.15) is 5.75 Å². The number of rotatable bonds is 3. The van der Waals surface area contributed by atoms with E-state index in [1.807, 2.05) is 18.2 Å². The number of carbonyl (C=O) groups is 2. The molecule has 0 aliphatic carbocycles. The zero-order chi connectivity index (χ0) is 14.5. The first-order chi connectivity index (χ1) is 9.56. The van der Waals surface area contributed by atoms with Gasteiger partial charge in [-0.05, 0) is 52.9 Å². The first-order valence-corrected chi connectivity index (χ1v) is 6.98. The number of nitrogens with one attached hydrogen (secondary N) is 1. The highest BCUT2D eigenvalue weighted by molar-refractivity contribution is 14.1. The van der Waals surface area contributed by atoms with Gasteiger partial charge in [-0.3, -0.25) is 9.59 Å². The summed E-state index contributed by atoms with van der Waals surface area (Å²) >= 11 is 2.17. The maximum absolute atomic E-state index is 12.2. The van der Waals surface area contributed by atoms with E-state index in [0.717, 1.165) is 3.57 Å². The molecule has 0 heterocycles. The van der Waals surface area contributed by atoms with Crippen LogP contribution in [0.3, 0.4) is 0 Å². The number of para-hydroxylation sites is 1. The van der Waals surface area contributed by atoms with Crippen molar-refractivity contribution in [1.82, 2.24) is 0 Å². The molecule has 0 saturated carbocycles. The fraction of sp³-hybridized carbons (Fsp3) is 0.0667. The zero-order valence-corrected chi connectivity index (χ0v) is 12.9. The third kappa shape index (κ3) is 3.80. The molecule has 1 N–H and O–H groups in total. The van der Waals surface area contributed by atoms with E-state index in [-0.39, 0.29) is 11.7 Å². The second-order valence-electron chi connectivity index (χ2n) is 4.05. The molecule has 0 saturated heterocycles. The molecule has 0 atom stereocenters. The molecule has 0 aliphatic heterocycles. The molecule has 5 heteroatoms. The largest absolute Gasteiger partial charge is 0.426 e. The number of carbonyl (C=O) groups excluding carboxylic acids is 2. The number of hydrogen-bond acceptors (Lipinski definition) is 3. The summed E-state index contributed by atoms with van der Waals surface area (Å²) in [4.78, 5) is 23.3. The number of anilines is 1. The Morgan fingerprint density at radius 1 is 1.10 bits per heavy atom. The predicted octanol–water partition coefficient (Wildman–Crippen LogP) is 3.47. The SMILES string of the molecule is CC(=O)Oc1ccccc1C(=O)Nc1cccc(I)c1. The monoisotopic (exact) mass is 381 g/mol. The Bertz CT molecular complexity index is 655. The Kier molecular flexibility index (Phi) is 4.73. The zero-order valence-electron chi connectivity index (χ0n) is 10.7. The Morgan fingerprint density at radius 2 is 1.85 bits per heavy atom. The van der Waals surface area contributed by atoms with Gasteiger partial charge in [0.2, 0.25) is 0 Å². The van der Waals surface area contributed by atoms with Crippen LogP contribution in [0, 0.1) is 3.57 Å². The van der Waals surface area contributed by atoms with Crippen molar-refractivity contribution >= 4 is 40.2 Å². The summed E-state index contributed by atoms with van der Waals surface area (Å²) in [5, 5.41) is 2.78. The van der Waals surface area contributed by atoms with Gasteiger partial charge in [0.05, 0.1) is 5.56 Å². The van der Waals surface area contributed by atoms with E-state index >= 15 is 0 Å². The molecule has 4 nitrogen and oxygen atoms in total. The number of halogens is 1. The molecule has 20 heavy (non-hydrogen) atoms. The smallest absolute Gasteiger partial charge is 0.308 e. The third-order valence-electron chi connectivity index (χ3n) is 2.47. The van der Waals surface area contributed by atoms with Gasteiger partial charge in [0.15, 0.2) is 0 Å². The fourth-order valence-electron chi connectivity index (χ4n) is 1.66. The maximum atomic E-state index is 12.2. The van der Waals surface area contributed by atoms with Crippen LogP contribution in [0.25, 0.3) is 0 Å². The average Bonchev–Trinajstić information content (AvgIpc) is 2.38. The van der Waals surface area contributed by atoms with Crippen molar-refractivity contribution in [1.29, 1.82) is 0 Å². The van der Waals surface area contributed by atoms with Crippen LogP contribution >= 0.6 is 22.6 Å². The lowest BCUT2D eigenvalue weighted by Crippen LogP contribution is -2.14. The predicted molar refractivity (Wildman–Crippen MR) is 84.9 cm³/mol. The third-order valence-corrected chi connectivity index (χ3v) is 3.14. The molecule has 0 unspecified atom stereocenters. The van der Waals surface area contributed by atoms with Gasteiger partial charge in [-0.15, -0.1) is 0 Å². The first-order valence-electron chi connectivity index (χ1n) is 5.90. The molecule has 2 aromatic rings. The molecule has 0 spiro atoms. The van der Waals surface area contributed by atoms with Crippen molar-refractivity contribution in [3.05, 3.63) is 57.7 Å². The quantitative estimate of drug-likeness (QED) is 0.503. The lowest BCUT2D eigenvalue weighted by atomic mass is 10.2. The van der Waals surface area contributed by atoms with E-state index < -0.39 is 5.97 Å². The number of esters is 1. The van der Waals surface area contributed by atoms with Crippen molar-refractivity contribution in [3.8, 4) is 5.75 Å². The lowest BCUT2D eigenvalue weighted by molar-refractivity contribution is -0.131. The maximum Gasteiger partial charge on any atom is 0.308 e. The Hall–Kier alpha value is -1.89. The number of hydrogen-bond donors (Lipinski definition) is 1. The Balaban J connectivity index is 2.23. The highest BCUT2D eigenvalue weighted by Crippen LogP contribution is 2.20. The van der Waals surface area contributed by atoms with E-state index in [0.29, 0.717) is 11.3 Å². The van der Waals surface area contributed by atoms with E-state index in [9.17, 15) is 9.59 Å². The van der Waals surface area contributed by atoms with Gasteiger partial charge in [0.25, 0.3) is 5.91 Å². The van der Waals surface area contributed by atoms with Crippen LogP contribution in [0.2, 0.25) is 0 Å². The van der Waals surface area contributed by atoms with Gasteiger partial charge in [0, 0.05) is 16.2 Å². The Morgan fingerprint density at radius 3 is 2.55 bits per heavy atom. The molecule has 2 aromatic carbocycles. The summed E-state index contributed by atoms with van der Waals surface area (Å²) in [6, 6.07) is 14.1. The van der Waals surface area contributed by atoms with E-state index in [4.69, 9.17) is 4.74 Å². The molecule has 0 aromatic heterocycles. The van der Waals surface area contributed by atoms with Crippen molar-refractivity contribution in [2.75, 3.05) is 5.32 Å². The normalized spacial score (nSPS) is 9.90. The topological polar surface area (TPSA) is 55.4 Å². The molecule has 0 fully saturated rings. The van der Waals surface area contributed by atoms with Gasteiger partial charge in [-0.25, -0.2) is 0 Å². The fourth-order valence-corrected chi connectivity index (χ4v) is 2.21. The van der Waals surface area contributed by atoms with Crippen LogP contribution < -0.4 is 10.1 Å².